The van der Waals surface area contributed by atoms with E-state index in [1.807, 2.05) is 0 Å². The van der Waals surface area contributed by atoms with E-state index in [2.05, 4.69) is 15.9 Å². The van der Waals surface area contributed by atoms with Crippen molar-refractivity contribution in [1.82, 2.24) is 0 Å². The Hall–Kier alpha value is -0.440. The molecule has 1 aromatic carbocycles. The highest BCUT2D eigenvalue weighted by Gasteiger charge is 2.09. The standard InChI is InChI=1S/C9H9BrF2/c1-6(5-11)8-4-7(12)2-3-9(8)10/h2-4,6H,5H2,1H3. The van der Waals surface area contributed by atoms with Crippen LogP contribution >= 0.6 is 15.9 Å². The predicted molar refractivity (Wildman–Crippen MR) is 48.5 cm³/mol. The minimum atomic E-state index is -0.470. The van der Waals surface area contributed by atoms with Gasteiger partial charge < -0.3 is 0 Å². The van der Waals surface area contributed by atoms with E-state index in [9.17, 15) is 8.78 Å². The Bertz CT molecular complexity index is 273. The molecule has 0 N–H and O–H groups in total. The fraction of sp³-hybridized carbons (Fsp3) is 0.333. The van der Waals surface area contributed by atoms with E-state index in [0.717, 1.165) is 4.47 Å². The fourth-order valence-corrected chi connectivity index (χ4v) is 1.61. The molecule has 1 rings (SSSR count). The number of hydrogen-bond donors (Lipinski definition) is 0. The molecule has 0 saturated carbocycles. The highest BCUT2D eigenvalue weighted by molar-refractivity contribution is 9.10. The lowest BCUT2D eigenvalue weighted by atomic mass is 10.0. The number of hydrogen-bond acceptors (Lipinski definition) is 0. The summed E-state index contributed by atoms with van der Waals surface area (Å²) in [5, 5.41) is 0. The molecular formula is C9H9BrF2. The van der Waals surface area contributed by atoms with Crippen LogP contribution in [0.15, 0.2) is 22.7 Å². The summed E-state index contributed by atoms with van der Waals surface area (Å²) in [6, 6.07) is 4.30. The van der Waals surface area contributed by atoms with E-state index < -0.39 is 6.67 Å². The molecule has 0 amide bonds. The zero-order chi connectivity index (χ0) is 9.14. The van der Waals surface area contributed by atoms with Crippen LogP contribution in [0.5, 0.6) is 0 Å². The Morgan fingerprint density at radius 1 is 1.50 bits per heavy atom. The highest BCUT2D eigenvalue weighted by atomic mass is 79.9. The van der Waals surface area contributed by atoms with Crippen molar-refractivity contribution in [2.24, 2.45) is 0 Å². The van der Waals surface area contributed by atoms with Gasteiger partial charge in [-0.15, -0.1) is 0 Å². The van der Waals surface area contributed by atoms with Crippen LogP contribution in [-0.2, 0) is 0 Å². The zero-order valence-corrected chi connectivity index (χ0v) is 8.24. The van der Waals surface area contributed by atoms with E-state index in [4.69, 9.17) is 0 Å². The first-order chi connectivity index (χ1) is 5.65. The SMILES string of the molecule is CC(CF)c1cc(F)ccc1Br. The number of benzene rings is 1. The molecular weight excluding hydrogens is 226 g/mol. The van der Waals surface area contributed by atoms with Crippen LogP contribution in [-0.4, -0.2) is 6.67 Å². The molecule has 0 aliphatic carbocycles. The molecule has 0 bridgehead atoms. The highest BCUT2D eigenvalue weighted by Crippen LogP contribution is 2.25. The lowest BCUT2D eigenvalue weighted by Gasteiger charge is -2.09. The molecule has 0 heterocycles. The minimum absolute atomic E-state index is 0.255. The third kappa shape index (κ3) is 2.03. The average Bonchev–Trinajstić information content (AvgIpc) is 2.08. The molecule has 0 fully saturated rings. The summed E-state index contributed by atoms with van der Waals surface area (Å²) in [6.07, 6.45) is 0. The second-order valence-electron chi connectivity index (χ2n) is 2.72. The van der Waals surface area contributed by atoms with Gasteiger partial charge in [0.15, 0.2) is 0 Å². The van der Waals surface area contributed by atoms with Crippen LogP contribution in [0.1, 0.15) is 18.4 Å². The summed E-state index contributed by atoms with van der Waals surface area (Å²) in [5.41, 5.74) is 0.678. The summed E-state index contributed by atoms with van der Waals surface area (Å²) in [7, 11) is 0. The van der Waals surface area contributed by atoms with Gasteiger partial charge in [0.2, 0.25) is 0 Å². The van der Waals surface area contributed by atoms with Gasteiger partial charge in [-0.3, -0.25) is 4.39 Å². The van der Waals surface area contributed by atoms with Crippen molar-refractivity contribution in [1.29, 1.82) is 0 Å². The minimum Gasteiger partial charge on any atom is -0.250 e. The first kappa shape index (κ1) is 9.65. The summed E-state index contributed by atoms with van der Waals surface area (Å²) in [6.45, 7) is 1.25. The Balaban J connectivity index is 3.04. The van der Waals surface area contributed by atoms with Gasteiger partial charge in [0, 0.05) is 10.4 Å². The van der Waals surface area contributed by atoms with Gasteiger partial charge in [-0.05, 0) is 23.8 Å². The smallest absolute Gasteiger partial charge is 0.123 e. The predicted octanol–water partition coefficient (Wildman–Crippen LogP) is 3.66. The van der Waals surface area contributed by atoms with Crippen molar-refractivity contribution in [3.63, 3.8) is 0 Å². The largest absolute Gasteiger partial charge is 0.250 e. The molecule has 3 heteroatoms. The van der Waals surface area contributed by atoms with E-state index in [0.29, 0.717) is 5.56 Å². The van der Waals surface area contributed by atoms with E-state index >= 15 is 0 Å². The van der Waals surface area contributed by atoms with Gasteiger partial charge >= 0.3 is 0 Å². The second-order valence-corrected chi connectivity index (χ2v) is 3.58. The lowest BCUT2D eigenvalue weighted by Crippen LogP contribution is -1.97. The average molecular weight is 235 g/mol. The summed E-state index contributed by atoms with van der Waals surface area (Å²) >= 11 is 3.24. The number of alkyl halides is 1. The van der Waals surface area contributed by atoms with Gasteiger partial charge in [-0.25, -0.2) is 4.39 Å². The molecule has 66 valence electrons. The van der Waals surface area contributed by atoms with Crippen LogP contribution in [0.4, 0.5) is 8.78 Å². The summed E-state index contributed by atoms with van der Waals surface area (Å²) < 4.78 is 25.7. The van der Waals surface area contributed by atoms with Crippen LogP contribution in [0, 0.1) is 5.82 Å². The molecule has 12 heavy (non-hydrogen) atoms. The van der Waals surface area contributed by atoms with Crippen LogP contribution < -0.4 is 0 Å². The van der Waals surface area contributed by atoms with Crippen molar-refractivity contribution >= 4 is 15.9 Å². The quantitative estimate of drug-likeness (QED) is 0.733. The molecule has 0 nitrogen and oxygen atoms in total. The third-order valence-electron chi connectivity index (χ3n) is 1.72. The van der Waals surface area contributed by atoms with Crippen LogP contribution in [0.2, 0.25) is 0 Å². The lowest BCUT2D eigenvalue weighted by molar-refractivity contribution is 0.445. The molecule has 1 unspecified atom stereocenters. The molecule has 0 spiro atoms. The zero-order valence-electron chi connectivity index (χ0n) is 6.65. The molecule has 0 aliphatic rings. The topological polar surface area (TPSA) is 0 Å². The second kappa shape index (κ2) is 3.99. The van der Waals surface area contributed by atoms with Crippen LogP contribution in [0.25, 0.3) is 0 Å². The van der Waals surface area contributed by atoms with Crippen molar-refractivity contribution in [2.75, 3.05) is 6.67 Å². The van der Waals surface area contributed by atoms with E-state index in [-0.39, 0.29) is 11.7 Å². The van der Waals surface area contributed by atoms with Crippen LogP contribution in [0.3, 0.4) is 0 Å². The maximum absolute atomic E-state index is 12.7. The Labute approximate surface area is 78.7 Å². The normalized spacial score (nSPS) is 13.0. The van der Waals surface area contributed by atoms with Gasteiger partial charge in [0.05, 0.1) is 6.67 Å². The van der Waals surface area contributed by atoms with E-state index in [1.54, 1.807) is 13.0 Å². The molecule has 1 aromatic rings. The molecule has 0 radical (unpaired) electrons. The molecule has 0 saturated heterocycles. The third-order valence-corrected chi connectivity index (χ3v) is 2.44. The molecule has 1 atom stereocenters. The Morgan fingerprint density at radius 2 is 2.17 bits per heavy atom. The summed E-state index contributed by atoms with van der Waals surface area (Å²) in [4.78, 5) is 0. The van der Waals surface area contributed by atoms with Crippen molar-refractivity contribution in [3.05, 3.63) is 34.1 Å². The first-order valence-electron chi connectivity index (χ1n) is 3.66. The van der Waals surface area contributed by atoms with Gasteiger partial charge in [-0.2, -0.15) is 0 Å². The Kier molecular flexibility index (Phi) is 3.20. The van der Waals surface area contributed by atoms with Crippen molar-refractivity contribution in [2.45, 2.75) is 12.8 Å². The Morgan fingerprint density at radius 3 is 2.75 bits per heavy atom. The number of halogens is 3. The van der Waals surface area contributed by atoms with Gasteiger partial charge in [0.1, 0.15) is 5.82 Å². The van der Waals surface area contributed by atoms with Gasteiger partial charge in [-0.1, -0.05) is 22.9 Å². The van der Waals surface area contributed by atoms with Gasteiger partial charge in [0.25, 0.3) is 0 Å². The maximum Gasteiger partial charge on any atom is 0.123 e. The summed E-state index contributed by atoms with van der Waals surface area (Å²) in [5.74, 6) is -0.580. The monoisotopic (exact) mass is 234 g/mol. The number of rotatable bonds is 2. The first-order valence-corrected chi connectivity index (χ1v) is 4.45. The fourth-order valence-electron chi connectivity index (χ4n) is 0.975. The molecule has 0 aliphatic heterocycles. The van der Waals surface area contributed by atoms with E-state index in [1.165, 1.54) is 12.1 Å². The maximum atomic E-state index is 12.7. The van der Waals surface area contributed by atoms with Crippen molar-refractivity contribution in [3.8, 4) is 0 Å². The van der Waals surface area contributed by atoms with Crippen molar-refractivity contribution < 1.29 is 8.78 Å². The molecule has 0 aromatic heterocycles.